The standard InChI is InChI=1S/C18H30NO2.2C17H28NO2.2C15H24NO2.2C12H18NO2.3CH3Cl.4CH3F/c1-4-7-14-19(6-3,13-5-2)15-16-21-18(20)17-11-9-8-10-12-17;2*1-4-12-18(6-3,13-5-2)14-15-20-17(19)16-10-8-7-9-11-16;2*1-4-16(5-2,6-3)12-13-18-15(17)14-10-8-7-9-11-14;2*1-13(2,3)9-10-15-12(14)11-7-5-4-6-8-11;7*1-2/h8-12H,4-7,13-16H2,1-3H3;2*7-11H,4-6,12-15H2,1-3H3;2*7-11H,4-6,12-13H2,1-3H3;2*4-8H,9-10H2,1-3H3;7*1H3/q7*+1;;;;;;;. The molecule has 7 aromatic rings. The molecule has 0 aliphatic heterocycles. The van der Waals surface area contributed by atoms with Crippen molar-refractivity contribution in [2.45, 2.75) is 149 Å². The average molecular weight is 2050 g/mol. The molecule has 1 unspecified atom stereocenters. The molecule has 7 rings (SSSR count). The summed E-state index contributed by atoms with van der Waals surface area (Å²) in [5.74, 6) is -1.58. The van der Waals surface area contributed by atoms with Gasteiger partial charge in [0.15, 0.2) is 0 Å². The normalized spacial score (nSPS) is 10.8. The van der Waals surface area contributed by atoms with E-state index in [1.807, 2.05) is 127 Å². The molecular weight excluding hydrogens is 1860 g/mol. The Morgan fingerprint density at radius 2 is 0.319 bits per heavy atom. The van der Waals surface area contributed by atoms with Crippen LogP contribution in [-0.2, 0) is 33.2 Å². The summed E-state index contributed by atoms with van der Waals surface area (Å²) >= 11 is 13.9. The number of hydrogen-bond donors (Lipinski definition) is 0. The van der Waals surface area contributed by atoms with E-state index >= 15 is 0 Å². The largest absolute Gasteiger partial charge is 0.456 e. The minimum Gasteiger partial charge on any atom is -0.456 e. The van der Waals surface area contributed by atoms with Gasteiger partial charge in [-0.15, -0.1) is 34.8 Å². The van der Waals surface area contributed by atoms with Gasteiger partial charge in [0.05, 0.1) is 208 Å². The second-order valence-corrected chi connectivity index (χ2v) is 34.4. The summed E-state index contributed by atoms with van der Waals surface area (Å²) in [6.07, 6.45) is 12.7. The first kappa shape index (κ1) is 145. The van der Waals surface area contributed by atoms with Gasteiger partial charge >= 0.3 is 41.8 Å². The van der Waals surface area contributed by atoms with Gasteiger partial charge in [0.25, 0.3) is 0 Å². The van der Waals surface area contributed by atoms with E-state index in [-0.39, 0.29) is 41.8 Å². The minimum atomic E-state index is -0.246. The highest BCUT2D eigenvalue weighted by molar-refractivity contribution is 6.15. The number of alkyl halides is 7. The third-order valence-electron chi connectivity index (χ3n) is 23.6. The Kier molecular flexibility index (Phi) is 97.5. The van der Waals surface area contributed by atoms with Gasteiger partial charge < -0.3 is 64.5 Å². The van der Waals surface area contributed by atoms with Crippen LogP contribution in [0.1, 0.15) is 221 Å². The Bertz CT molecular complexity index is 3780. The maximum atomic E-state index is 12.0. The highest BCUT2D eigenvalue weighted by Gasteiger charge is 2.29. The molecule has 0 aromatic heterocycles. The molecule has 0 radical (unpaired) electrons. The Morgan fingerprint density at radius 3 is 0.440 bits per heavy atom. The predicted octanol–water partition coefficient (Wildman–Crippen LogP) is 24.3. The Hall–Kier alpha value is -8.86. The maximum Gasteiger partial charge on any atom is 0.338 e. The lowest BCUT2D eigenvalue weighted by molar-refractivity contribution is -0.926. The van der Waals surface area contributed by atoms with Gasteiger partial charge in [-0.05, 0) is 186 Å². The van der Waals surface area contributed by atoms with E-state index in [0.717, 1.165) is 162 Å². The molecule has 141 heavy (non-hydrogen) atoms. The fraction of sp³-hybridized carbons (Fsp3) is 0.566. The number of benzene rings is 7. The Balaban J connectivity index is -0.000000291. The van der Waals surface area contributed by atoms with Crippen LogP contribution in [0.2, 0.25) is 0 Å². The van der Waals surface area contributed by atoms with E-state index in [2.05, 4.69) is 181 Å². The number of likely N-dealkylation sites (N-methyl/N-ethyl adjacent to an activating group) is 7. The van der Waals surface area contributed by atoms with Crippen molar-refractivity contribution in [1.82, 2.24) is 0 Å². The van der Waals surface area contributed by atoms with E-state index in [1.54, 1.807) is 84.9 Å². The molecule has 0 fully saturated rings. The van der Waals surface area contributed by atoms with E-state index < -0.39 is 0 Å². The molecule has 0 saturated heterocycles. The first-order valence-corrected chi connectivity index (χ1v) is 52.2. The molecule has 0 amide bonds. The molecule has 0 saturated carbocycles. The fourth-order valence-corrected chi connectivity index (χ4v) is 14.7. The van der Waals surface area contributed by atoms with Gasteiger partial charge in [-0.25, -0.2) is 33.6 Å². The quantitative estimate of drug-likeness (QED) is 0.0115. The lowest BCUT2D eigenvalue weighted by Gasteiger charge is -2.37. The zero-order valence-electron chi connectivity index (χ0n) is 92.2. The van der Waals surface area contributed by atoms with Crippen molar-refractivity contribution < 1.29 is 116 Å². The zero-order valence-corrected chi connectivity index (χ0v) is 94.4. The Labute approximate surface area is 867 Å². The lowest BCUT2D eigenvalue weighted by Crippen LogP contribution is -2.51. The SMILES string of the molecule is CCCC[N+](CC)(CCC)CCOC(=O)c1ccccc1.CCC[N+](CC)(CCC)CCOC(=O)c1ccccc1.CCC[N+](CC)(CCC)CCOC(=O)c1ccccc1.CC[N+](CC)(CC)CCOC(=O)c1ccccc1.CC[N+](CC)(CC)CCOC(=O)c1ccccc1.CCl.CCl.CCl.CF.CF.CF.CF.C[N+](C)(C)CCOC(=O)c1ccccc1.C[N+](C)(C)CCOC(=O)c1ccccc1. The number of carbonyl (C=O) groups is 7. The fourth-order valence-electron chi connectivity index (χ4n) is 14.7. The summed E-state index contributed by atoms with van der Waals surface area (Å²) in [5, 5.41) is 0. The molecule has 0 bridgehead atoms. The van der Waals surface area contributed by atoms with Crippen molar-refractivity contribution in [2.24, 2.45) is 0 Å². The number of hydrogen-bond acceptors (Lipinski definition) is 14. The van der Waals surface area contributed by atoms with Gasteiger partial charge in [0, 0.05) is 19.1 Å². The van der Waals surface area contributed by atoms with Crippen LogP contribution < -0.4 is 0 Å². The van der Waals surface area contributed by atoms with Crippen molar-refractivity contribution >= 4 is 76.6 Å². The molecular formula is C113H191Cl3F4N7O14+7. The molecule has 1 atom stereocenters. The number of esters is 7. The molecule has 0 heterocycles. The van der Waals surface area contributed by atoms with Gasteiger partial charge in [0.2, 0.25) is 0 Å². The second-order valence-electron chi connectivity index (χ2n) is 34.4. The minimum absolute atomic E-state index is 0.211. The van der Waals surface area contributed by atoms with Crippen molar-refractivity contribution in [3.8, 4) is 0 Å². The van der Waals surface area contributed by atoms with Crippen LogP contribution in [0.4, 0.5) is 17.6 Å². The van der Waals surface area contributed by atoms with Gasteiger partial charge in [-0.2, -0.15) is 0 Å². The summed E-state index contributed by atoms with van der Waals surface area (Å²) in [6.45, 7) is 59.5. The first-order chi connectivity index (χ1) is 67.8. The van der Waals surface area contributed by atoms with Crippen LogP contribution in [0.3, 0.4) is 0 Å². The smallest absolute Gasteiger partial charge is 0.338 e. The van der Waals surface area contributed by atoms with Crippen LogP contribution >= 0.6 is 34.8 Å². The lowest BCUT2D eigenvalue weighted by atomic mass is 10.2. The van der Waals surface area contributed by atoms with Crippen LogP contribution in [0, 0.1) is 0 Å². The molecule has 28 heteroatoms. The monoisotopic (exact) mass is 2050 g/mol. The summed E-state index contributed by atoms with van der Waals surface area (Å²) in [4.78, 5) is 82.3. The van der Waals surface area contributed by atoms with Crippen LogP contribution in [-0.4, -0.2) is 354 Å². The second kappa shape index (κ2) is 94.7. The topological polar surface area (TPSA) is 184 Å². The summed E-state index contributed by atoms with van der Waals surface area (Å²) in [6, 6.07) is 64.1. The van der Waals surface area contributed by atoms with E-state index in [4.69, 9.17) is 33.2 Å². The van der Waals surface area contributed by atoms with Gasteiger partial charge in [-0.1, -0.05) is 175 Å². The van der Waals surface area contributed by atoms with Crippen LogP contribution in [0.5, 0.6) is 0 Å². The van der Waals surface area contributed by atoms with Crippen LogP contribution in [0.15, 0.2) is 212 Å². The number of halogens is 7. The number of rotatable bonds is 50. The van der Waals surface area contributed by atoms with Crippen LogP contribution in [0.25, 0.3) is 0 Å². The Morgan fingerprint density at radius 1 is 0.191 bits per heavy atom. The molecule has 21 nitrogen and oxygen atoms in total. The van der Waals surface area contributed by atoms with Crippen molar-refractivity contribution in [2.75, 3.05) is 280 Å². The average Bonchev–Trinajstić information content (AvgIpc) is 0.877. The predicted molar refractivity (Wildman–Crippen MR) is 582 cm³/mol. The first-order valence-electron chi connectivity index (χ1n) is 49.9. The number of quaternary nitrogens is 7. The maximum absolute atomic E-state index is 12.0. The number of ether oxygens (including phenoxy) is 7. The number of nitrogens with zero attached hydrogens (tertiary/aromatic N) is 7. The van der Waals surface area contributed by atoms with Crippen molar-refractivity contribution in [3.63, 3.8) is 0 Å². The highest BCUT2D eigenvalue weighted by atomic mass is 35.5. The molecule has 804 valence electrons. The van der Waals surface area contributed by atoms with E-state index in [9.17, 15) is 51.1 Å². The van der Waals surface area contributed by atoms with E-state index in [1.165, 1.54) is 77.2 Å². The number of unbranched alkanes of at least 4 members (excludes halogenated alkanes) is 1. The number of carbonyl (C=O) groups excluding carboxylic acids is 7. The van der Waals surface area contributed by atoms with Gasteiger partial charge in [0.1, 0.15) is 92.1 Å². The summed E-state index contributed by atoms with van der Waals surface area (Å²) < 4.78 is 82.0. The molecule has 0 aliphatic carbocycles. The van der Waals surface area contributed by atoms with E-state index in [0.29, 0.717) is 114 Å². The third-order valence-corrected chi connectivity index (χ3v) is 23.6. The summed E-state index contributed by atoms with van der Waals surface area (Å²) in [5.41, 5.74) is 4.37. The third kappa shape index (κ3) is 70.5. The molecule has 0 spiro atoms. The van der Waals surface area contributed by atoms with Crippen molar-refractivity contribution in [3.05, 3.63) is 251 Å². The summed E-state index contributed by atoms with van der Waals surface area (Å²) in [7, 11) is 14.4. The van der Waals surface area contributed by atoms with Gasteiger partial charge in [-0.3, -0.25) is 17.6 Å². The molecule has 0 aliphatic rings. The molecule has 0 N–H and O–H groups in total. The van der Waals surface area contributed by atoms with Crippen molar-refractivity contribution in [1.29, 1.82) is 0 Å². The zero-order chi connectivity index (χ0) is 109. The highest BCUT2D eigenvalue weighted by Crippen LogP contribution is 2.17. The molecule has 7 aromatic carbocycles.